The number of rotatable bonds is 6. The number of hydrogen-bond donors (Lipinski definition) is 2. The van der Waals surface area contributed by atoms with Gasteiger partial charge < -0.3 is 19.0 Å². The maximum Gasteiger partial charge on any atom is 0.365 e. The lowest BCUT2D eigenvalue weighted by Crippen LogP contribution is -2.34. The van der Waals surface area contributed by atoms with Crippen LogP contribution in [0.5, 0.6) is 0 Å². The first kappa shape index (κ1) is 21.6. The zero-order valence-corrected chi connectivity index (χ0v) is 18.7. The molecule has 162 valence electrons. The molecule has 0 amide bonds. The standard InChI is InChI=1S/C21H26ClN2O5P/c1-14(2)13-24-17-12-15(22)6-7-16(17)23-20(24)19-18(8-11-28-19)30(26,27)29-21(25)9-4-3-5-10-21/h6-8,11-12,14,25H,3-5,9-10,13H2,1-2H3,(H,26,27). The van der Waals surface area contributed by atoms with Gasteiger partial charge in [-0.2, -0.15) is 0 Å². The van der Waals surface area contributed by atoms with Gasteiger partial charge in [0.25, 0.3) is 0 Å². The molecule has 2 N–H and O–H groups in total. The average molecular weight is 453 g/mol. The molecule has 0 aliphatic heterocycles. The molecular formula is C21H26ClN2O5P. The van der Waals surface area contributed by atoms with E-state index in [-0.39, 0.29) is 11.1 Å². The molecule has 1 aliphatic carbocycles. The van der Waals surface area contributed by atoms with Gasteiger partial charge in [0.1, 0.15) is 5.30 Å². The number of aromatic nitrogens is 2. The van der Waals surface area contributed by atoms with Gasteiger partial charge in [0.05, 0.1) is 17.3 Å². The minimum absolute atomic E-state index is 0.00657. The van der Waals surface area contributed by atoms with Crippen molar-refractivity contribution in [2.45, 2.75) is 58.3 Å². The van der Waals surface area contributed by atoms with Crippen LogP contribution in [0.3, 0.4) is 0 Å². The molecule has 0 spiro atoms. The lowest BCUT2D eigenvalue weighted by atomic mass is 9.95. The van der Waals surface area contributed by atoms with E-state index in [1.807, 2.05) is 10.6 Å². The Labute approximate surface area is 180 Å². The normalized spacial score (nSPS) is 18.7. The summed E-state index contributed by atoms with van der Waals surface area (Å²) in [6.07, 6.45) is 4.47. The highest BCUT2D eigenvalue weighted by atomic mass is 35.5. The highest BCUT2D eigenvalue weighted by molar-refractivity contribution is 7.61. The largest absolute Gasteiger partial charge is 0.460 e. The van der Waals surface area contributed by atoms with Crippen LogP contribution in [-0.4, -0.2) is 25.3 Å². The molecule has 2 heterocycles. The van der Waals surface area contributed by atoms with Gasteiger partial charge in [-0.1, -0.05) is 31.9 Å². The van der Waals surface area contributed by atoms with E-state index in [2.05, 4.69) is 18.8 Å². The fraction of sp³-hybridized carbons (Fsp3) is 0.476. The molecule has 1 aliphatic rings. The van der Waals surface area contributed by atoms with E-state index in [0.717, 1.165) is 24.8 Å². The van der Waals surface area contributed by atoms with Gasteiger partial charge in [-0.15, -0.1) is 0 Å². The predicted octanol–water partition coefficient (Wildman–Crippen LogP) is 5.09. The summed E-state index contributed by atoms with van der Waals surface area (Å²) in [7, 11) is -4.36. The molecule has 1 atom stereocenters. The van der Waals surface area contributed by atoms with Crippen molar-refractivity contribution in [3.05, 3.63) is 35.6 Å². The van der Waals surface area contributed by atoms with E-state index in [1.54, 1.807) is 12.1 Å². The molecule has 1 aromatic carbocycles. The molecule has 4 rings (SSSR count). The number of halogens is 1. The van der Waals surface area contributed by atoms with Crippen LogP contribution in [0.25, 0.3) is 22.6 Å². The summed E-state index contributed by atoms with van der Waals surface area (Å²) in [4.78, 5) is 15.4. The van der Waals surface area contributed by atoms with E-state index in [9.17, 15) is 14.6 Å². The molecule has 7 nitrogen and oxygen atoms in total. The summed E-state index contributed by atoms with van der Waals surface area (Å²) in [6.45, 7) is 4.76. The van der Waals surface area contributed by atoms with Crippen molar-refractivity contribution >= 4 is 35.5 Å². The number of hydrogen-bond acceptors (Lipinski definition) is 5. The molecule has 30 heavy (non-hydrogen) atoms. The van der Waals surface area contributed by atoms with Gasteiger partial charge in [0, 0.05) is 24.4 Å². The highest BCUT2D eigenvalue weighted by Gasteiger charge is 2.41. The minimum atomic E-state index is -4.36. The topological polar surface area (TPSA) is 97.7 Å². The quantitative estimate of drug-likeness (QED) is 0.399. The van der Waals surface area contributed by atoms with Crippen molar-refractivity contribution in [3.63, 3.8) is 0 Å². The monoisotopic (exact) mass is 452 g/mol. The fourth-order valence-electron chi connectivity index (χ4n) is 3.99. The summed E-state index contributed by atoms with van der Waals surface area (Å²) in [5.41, 5.74) is 1.52. The molecular weight excluding hydrogens is 427 g/mol. The van der Waals surface area contributed by atoms with E-state index in [4.69, 9.17) is 20.5 Å². The number of nitrogens with zero attached hydrogens (tertiary/aromatic N) is 2. The molecule has 1 unspecified atom stereocenters. The predicted molar refractivity (Wildman–Crippen MR) is 116 cm³/mol. The van der Waals surface area contributed by atoms with Crippen LogP contribution < -0.4 is 5.30 Å². The second-order valence-electron chi connectivity index (χ2n) is 8.33. The summed E-state index contributed by atoms with van der Waals surface area (Å²) in [6, 6.07) is 6.79. The second kappa shape index (κ2) is 8.13. The van der Waals surface area contributed by atoms with Crippen molar-refractivity contribution in [2.75, 3.05) is 0 Å². The van der Waals surface area contributed by atoms with Crippen LogP contribution in [0.15, 0.2) is 34.9 Å². The first-order chi connectivity index (χ1) is 14.2. The Morgan fingerprint density at radius 3 is 2.73 bits per heavy atom. The van der Waals surface area contributed by atoms with Crippen LogP contribution in [-0.2, 0) is 15.6 Å². The van der Waals surface area contributed by atoms with Crippen LogP contribution in [0.2, 0.25) is 5.02 Å². The lowest BCUT2D eigenvalue weighted by molar-refractivity contribution is -0.161. The molecule has 0 saturated heterocycles. The third kappa shape index (κ3) is 4.23. The maximum atomic E-state index is 13.2. The Balaban J connectivity index is 1.79. The Kier molecular flexibility index (Phi) is 5.86. The Morgan fingerprint density at radius 2 is 2.03 bits per heavy atom. The molecule has 3 aromatic rings. The Morgan fingerprint density at radius 1 is 1.30 bits per heavy atom. The van der Waals surface area contributed by atoms with Gasteiger partial charge in [-0.3, -0.25) is 9.09 Å². The smallest absolute Gasteiger partial charge is 0.365 e. The van der Waals surface area contributed by atoms with Gasteiger partial charge >= 0.3 is 7.60 Å². The maximum absolute atomic E-state index is 13.2. The zero-order chi connectivity index (χ0) is 21.5. The fourth-order valence-corrected chi connectivity index (χ4v) is 5.55. The van der Waals surface area contributed by atoms with Gasteiger partial charge in [-0.25, -0.2) is 4.98 Å². The van der Waals surface area contributed by atoms with Gasteiger partial charge in [0.15, 0.2) is 17.4 Å². The number of fused-ring (bicyclic) bond motifs is 1. The van der Waals surface area contributed by atoms with Crippen LogP contribution in [0.4, 0.5) is 0 Å². The molecule has 1 saturated carbocycles. The van der Waals surface area contributed by atoms with E-state index in [1.165, 1.54) is 12.3 Å². The SMILES string of the molecule is CC(C)Cn1c(-c2occc2P(=O)(O)OC2(O)CCCCC2)nc2ccc(Cl)cc21. The summed E-state index contributed by atoms with van der Waals surface area (Å²) in [5, 5.41) is 11.2. The van der Waals surface area contributed by atoms with Crippen molar-refractivity contribution in [1.82, 2.24) is 9.55 Å². The zero-order valence-electron chi connectivity index (χ0n) is 17.0. The molecule has 1 fully saturated rings. The van der Waals surface area contributed by atoms with Crippen molar-refractivity contribution in [3.8, 4) is 11.6 Å². The van der Waals surface area contributed by atoms with Crippen molar-refractivity contribution in [1.29, 1.82) is 0 Å². The average Bonchev–Trinajstić information content (AvgIpc) is 3.27. The molecule has 0 radical (unpaired) electrons. The van der Waals surface area contributed by atoms with Crippen molar-refractivity contribution in [2.24, 2.45) is 5.92 Å². The molecule has 2 aromatic heterocycles. The highest BCUT2D eigenvalue weighted by Crippen LogP contribution is 2.50. The van der Waals surface area contributed by atoms with Crippen LogP contribution in [0, 0.1) is 5.92 Å². The first-order valence-corrected chi connectivity index (χ1v) is 12.1. The first-order valence-electron chi connectivity index (χ1n) is 10.2. The number of furan rings is 1. The minimum Gasteiger partial charge on any atom is -0.460 e. The Hall–Kier alpha value is -1.63. The number of aliphatic hydroxyl groups is 1. The van der Waals surface area contributed by atoms with E-state index in [0.29, 0.717) is 41.7 Å². The Bertz CT molecular complexity index is 1100. The van der Waals surface area contributed by atoms with E-state index >= 15 is 0 Å². The third-order valence-corrected chi connectivity index (χ3v) is 7.12. The molecule has 0 bridgehead atoms. The summed E-state index contributed by atoms with van der Waals surface area (Å²) >= 11 is 6.19. The van der Waals surface area contributed by atoms with Gasteiger partial charge in [-0.05, 0) is 43.0 Å². The number of imidazole rings is 1. The summed E-state index contributed by atoms with van der Waals surface area (Å²) in [5.74, 6) is -0.732. The van der Waals surface area contributed by atoms with Gasteiger partial charge in [0.2, 0.25) is 0 Å². The second-order valence-corrected chi connectivity index (χ2v) is 10.5. The van der Waals surface area contributed by atoms with E-state index < -0.39 is 13.4 Å². The van der Waals surface area contributed by atoms with Crippen LogP contribution >= 0.6 is 19.2 Å². The summed E-state index contributed by atoms with van der Waals surface area (Å²) < 4.78 is 26.2. The number of benzene rings is 1. The third-order valence-electron chi connectivity index (χ3n) is 5.34. The lowest BCUT2D eigenvalue weighted by Gasteiger charge is -2.33. The van der Waals surface area contributed by atoms with Crippen LogP contribution in [0.1, 0.15) is 46.0 Å². The molecule has 9 heteroatoms. The van der Waals surface area contributed by atoms with Crippen molar-refractivity contribution < 1.29 is 23.5 Å².